The molecular weight excluding hydrogens is 215 g/mol. The second-order valence-electron chi connectivity index (χ2n) is 4.15. The van der Waals surface area contributed by atoms with Crippen LogP contribution in [0.5, 0.6) is 5.75 Å². The molecule has 3 heteroatoms. The number of methoxy groups -OCH3 is 1. The van der Waals surface area contributed by atoms with Crippen LogP contribution in [0.4, 0.5) is 0 Å². The number of hydrogen-bond donors (Lipinski definition) is 0. The van der Waals surface area contributed by atoms with Crippen LogP contribution in [0.2, 0.25) is 0 Å². The molecular formula is C11H16ClOP. The molecule has 1 atom stereocenters. The summed E-state index contributed by atoms with van der Waals surface area (Å²) in [6.07, 6.45) is 0. The van der Waals surface area contributed by atoms with Gasteiger partial charge in [-0.2, -0.15) is 0 Å². The number of halogens is 1. The van der Waals surface area contributed by atoms with Crippen molar-refractivity contribution >= 4 is 23.8 Å². The van der Waals surface area contributed by atoms with Gasteiger partial charge in [0.05, 0.1) is 7.11 Å². The Kier molecular flexibility index (Phi) is 3.80. The second kappa shape index (κ2) is 4.51. The largest absolute Gasteiger partial charge is 0.497 e. The zero-order valence-electron chi connectivity index (χ0n) is 9.04. The molecule has 0 aromatic heterocycles. The van der Waals surface area contributed by atoms with Crippen molar-refractivity contribution in [1.29, 1.82) is 0 Å². The molecule has 0 bridgehead atoms. The van der Waals surface area contributed by atoms with Gasteiger partial charge in [0.25, 0.3) is 0 Å². The number of hydrogen-bond acceptors (Lipinski definition) is 1. The monoisotopic (exact) mass is 230 g/mol. The number of ether oxygens (including phenoxy) is 1. The standard InChI is InChI=1S/C11H16ClOP/c1-11(2,3)14(12)10-7-5-9(13-4)6-8-10/h5-8H,1-4H3. The summed E-state index contributed by atoms with van der Waals surface area (Å²) in [4.78, 5) is 0. The van der Waals surface area contributed by atoms with E-state index < -0.39 is 7.27 Å². The Morgan fingerprint density at radius 2 is 1.64 bits per heavy atom. The van der Waals surface area contributed by atoms with Gasteiger partial charge in [0, 0.05) is 7.27 Å². The van der Waals surface area contributed by atoms with Crippen molar-refractivity contribution < 1.29 is 4.74 Å². The molecule has 0 N–H and O–H groups in total. The predicted molar refractivity (Wildman–Crippen MR) is 65.2 cm³/mol. The minimum absolute atomic E-state index is 0.144. The quantitative estimate of drug-likeness (QED) is 0.703. The van der Waals surface area contributed by atoms with Gasteiger partial charge in [-0.05, 0) is 34.7 Å². The molecule has 1 rings (SSSR count). The maximum absolute atomic E-state index is 6.40. The van der Waals surface area contributed by atoms with Gasteiger partial charge in [-0.1, -0.05) is 32.0 Å². The van der Waals surface area contributed by atoms with E-state index in [1.165, 1.54) is 5.30 Å². The first-order valence-corrected chi connectivity index (χ1v) is 6.80. The van der Waals surface area contributed by atoms with E-state index in [0.717, 1.165) is 5.75 Å². The highest BCUT2D eigenvalue weighted by molar-refractivity contribution is 7.91. The summed E-state index contributed by atoms with van der Waals surface area (Å²) in [7, 11) is 1.05. The third kappa shape index (κ3) is 2.87. The summed E-state index contributed by atoms with van der Waals surface area (Å²) in [6.45, 7) is 6.49. The summed E-state index contributed by atoms with van der Waals surface area (Å²) in [5.74, 6) is 0.878. The van der Waals surface area contributed by atoms with E-state index in [1.807, 2.05) is 24.3 Å². The molecule has 1 unspecified atom stereocenters. The van der Waals surface area contributed by atoms with E-state index in [1.54, 1.807) is 7.11 Å². The summed E-state index contributed by atoms with van der Waals surface area (Å²) in [5.41, 5.74) is 0. The van der Waals surface area contributed by atoms with Gasteiger partial charge >= 0.3 is 0 Å². The van der Waals surface area contributed by atoms with Crippen LogP contribution in [0.25, 0.3) is 0 Å². The summed E-state index contributed by atoms with van der Waals surface area (Å²) < 4.78 is 5.10. The van der Waals surface area contributed by atoms with Crippen LogP contribution < -0.4 is 10.0 Å². The Morgan fingerprint density at radius 3 is 2.00 bits per heavy atom. The lowest BCUT2D eigenvalue weighted by molar-refractivity contribution is 0.415. The average molecular weight is 231 g/mol. The Labute approximate surface area is 92.0 Å². The molecule has 1 nitrogen and oxygen atoms in total. The van der Waals surface area contributed by atoms with Crippen LogP contribution in [0.15, 0.2) is 24.3 Å². The molecule has 0 saturated heterocycles. The molecule has 14 heavy (non-hydrogen) atoms. The van der Waals surface area contributed by atoms with E-state index in [0.29, 0.717) is 0 Å². The van der Waals surface area contributed by atoms with E-state index >= 15 is 0 Å². The second-order valence-corrected chi connectivity index (χ2v) is 7.58. The van der Waals surface area contributed by atoms with Gasteiger partial charge in [-0.3, -0.25) is 0 Å². The van der Waals surface area contributed by atoms with Gasteiger partial charge in [0.2, 0.25) is 0 Å². The van der Waals surface area contributed by atoms with Crippen molar-refractivity contribution in [1.82, 2.24) is 0 Å². The molecule has 0 amide bonds. The maximum Gasteiger partial charge on any atom is 0.118 e. The highest BCUT2D eigenvalue weighted by Gasteiger charge is 2.23. The molecule has 0 aliphatic rings. The van der Waals surface area contributed by atoms with Crippen molar-refractivity contribution in [2.75, 3.05) is 7.11 Å². The molecule has 0 saturated carbocycles. The predicted octanol–water partition coefficient (Wildman–Crippen LogP) is 3.75. The number of rotatable bonds is 2. The Morgan fingerprint density at radius 1 is 1.14 bits per heavy atom. The SMILES string of the molecule is COc1ccc(P(Cl)C(C)(C)C)cc1. The Bertz CT molecular complexity index is 289. The summed E-state index contributed by atoms with van der Waals surface area (Å²) >= 11 is 6.40. The van der Waals surface area contributed by atoms with Gasteiger partial charge in [0.1, 0.15) is 5.75 Å². The molecule has 0 heterocycles. The maximum atomic E-state index is 6.40. The molecule has 0 fully saturated rings. The van der Waals surface area contributed by atoms with E-state index in [9.17, 15) is 0 Å². The van der Waals surface area contributed by atoms with Crippen molar-refractivity contribution in [3.05, 3.63) is 24.3 Å². The van der Waals surface area contributed by atoms with E-state index in [4.69, 9.17) is 16.0 Å². The molecule has 0 radical (unpaired) electrons. The van der Waals surface area contributed by atoms with Crippen LogP contribution in [0.3, 0.4) is 0 Å². The van der Waals surface area contributed by atoms with Crippen molar-refractivity contribution in [3.8, 4) is 5.75 Å². The van der Waals surface area contributed by atoms with E-state index in [-0.39, 0.29) is 5.16 Å². The topological polar surface area (TPSA) is 9.23 Å². The lowest BCUT2D eigenvalue weighted by Crippen LogP contribution is -2.15. The van der Waals surface area contributed by atoms with Gasteiger partial charge in [-0.25, -0.2) is 0 Å². The fourth-order valence-electron chi connectivity index (χ4n) is 1.10. The zero-order valence-corrected chi connectivity index (χ0v) is 10.7. The highest BCUT2D eigenvalue weighted by atomic mass is 35.7. The average Bonchev–Trinajstić information content (AvgIpc) is 2.15. The third-order valence-corrected chi connectivity index (χ3v) is 5.92. The molecule has 0 aliphatic heterocycles. The van der Waals surface area contributed by atoms with Crippen LogP contribution >= 0.6 is 18.5 Å². The molecule has 78 valence electrons. The normalized spacial score (nSPS) is 13.8. The zero-order chi connectivity index (χ0) is 10.8. The highest BCUT2D eigenvalue weighted by Crippen LogP contribution is 2.52. The van der Waals surface area contributed by atoms with E-state index in [2.05, 4.69) is 20.8 Å². The van der Waals surface area contributed by atoms with Crippen LogP contribution in [0.1, 0.15) is 20.8 Å². The third-order valence-electron chi connectivity index (χ3n) is 1.89. The van der Waals surface area contributed by atoms with Gasteiger partial charge in [-0.15, -0.1) is 0 Å². The van der Waals surface area contributed by atoms with Crippen molar-refractivity contribution in [2.24, 2.45) is 0 Å². The first kappa shape index (κ1) is 11.8. The lowest BCUT2D eigenvalue weighted by Gasteiger charge is -2.25. The van der Waals surface area contributed by atoms with Crippen molar-refractivity contribution in [2.45, 2.75) is 25.9 Å². The van der Waals surface area contributed by atoms with Crippen molar-refractivity contribution in [3.63, 3.8) is 0 Å². The Balaban J connectivity index is 2.87. The smallest absolute Gasteiger partial charge is 0.118 e. The molecule has 1 aromatic rings. The fraction of sp³-hybridized carbons (Fsp3) is 0.455. The minimum Gasteiger partial charge on any atom is -0.497 e. The number of benzene rings is 1. The Hall–Kier alpha value is -0.260. The van der Waals surface area contributed by atoms with Gasteiger partial charge < -0.3 is 4.74 Å². The summed E-state index contributed by atoms with van der Waals surface area (Å²) in [5, 5.41) is 1.35. The van der Waals surface area contributed by atoms with Crippen LogP contribution in [-0.4, -0.2) is 12.3 Å². The summed E-state index contributed by atoms with van der Waals surface area (Å²) in [6, 6.07) is 8.00. The van der Waals surface area contributed by atoms with Gasteiger partial charge in [0.15, 0.2) is 0 Å². The minimum atomic E-state index is -0.617. The first-order valence-electron chi connectivity index (χ1n) is 4.55. The first-order chi connectivity index (χ1) is 6.45. The molecule has 1 aromatic carbocycles. The lowest BCUT2D eigenvalue weighted by atomic mass is 10.3. The fourth-order valence-corrected chi connectivity index (χ4v) is 2.62. The molecule has 0 spiro atoms. The van der Waals surface area contributed by atoms with Crippen LogP contribution in [-0.2, 0) is 0 Å². The van der Waals surface area contributed by atoms with Crippen LogP contribution in [0, 0.1) is 0 Å². The molecule has 0 aliphatic carbocycles.